The Morgan fingerprint density at radius 1 is 1.11 bits per heavy atom. The molecule has 0 unspecified atom stereocenters. The molecule has 0 aliphatic heterocycles. The van der Waals surface area contributed by atoms with Crippen molar-refractivity contribution in [1.82, 2.24) is 19.9 Å². The number of aromatic nitrogens is 3. The van der Waals surface area contributed by atoms with E-state index in [-0.39, 0.29) is 17.8 Å². The molecule has 6 N–H and O–H groups in total. The molecule has 148 valence electrons. The van der Waals surface area contributed by atoms with E-state index in [0.717, 1.165) is 25.7 Å². The number of nitrogens with two attached hydrogens (primary N) is 2. The molecule has 12 heteroatoms. The van der Waals surface area contributed by atoms with Crippen LogP contribution in [0.15, 0.2) is 18.2 Å². The molecule has 1 fully saturated rings. The van der Waals surface area contributed by atoms with Crippen molar-refractivity contribution in [3.63, 3.8) is 0 Å². The second-order valence-corrected chi connectivity index (χ2v) is 7.90. The number of anilines is 2. The second kappa shape index (κ2) is 9.47. The molecule has 2 aromatic rings. The van der Waals surface area contributed by atoms with Crippen LogP contribution in [-0.2, 0) is 10.3 Å². The molecule has 1 heterocycles. The monoisotopic (exact) mass is 434 g/mol. The summed E-state index contributed by atoms with van der Waals surface area (Å²) in [6.45, 7) is 0. The summed E-state index contributed by atoms with van der Waals surface area (Å²) in [6.07, 6.45) is 4.96. The zero-order valence-corrected chi connectivity index (χ0v) is 16.6. The predicted octanol–water partition coefficient (Wildman–Crippen LogP) is 2.72. The number of benzene rings is 1. The van der Waals surface area contributed by atoms with E-state index in [1.807, 2.05) is 0 Å². The summed E-state index contributed by atoms with van der Waals surface area (Å²) in [4.78, 5) is 3.80. The van der Waals surface area contributed by atoms with E-state index in [2.05, 4.69) is 19.9 Å². The van der Waals surface area contributed by atoms with Crippen molar-refractivity contribution < 1.29 is 13.0 Å². The van der Waals surface area contributed by atoms with Crippen LogP contribution in [0.25, 0.3) is 11.3 Å². The molecule has 0 saturated heterocycles. The number of rotatable bonds is 3. The minimum Gasteiger partial charge on any atom is -0.382 e. The molecule has 3 rings (SSSR count). The summed E-state index contributed by atoms with van der Waals surface area (Å²) in [5.74, 6) is 0.177. The Bertz CT molecular complexity index is 891. The van der Waals surface area contributed by atoms with Gasteiger partial charge in [0.2, 0.25) is 5.95 Å². The standard InChI is InChI=1S/C9H7Cl2N5.C6H13NO3S/c10-5-3-1-2-4(6(5)11)7-8(12)14-9(13)16-15-7;8-11(9,10)7-6-4-2-1-3-5-6/h1-3H,(H4,12,13,14,16);6-7H,1-5H2,(H,8,9,10). The van der Waals surface area contributed by atoms with Crippen molar-refractivity contribution in [3.05, 3.63) is 28.2 Å². The summed E-state index contributed by atoms with van der Waals surface area (Å²) in [5, 5.41) is 8.24. The number of nitrogens with one attached hydrogen (secondary N) is 1. The van der Waals surface area contributed by atoms with Gasteiger partial charge in [-0.2, -0.15) is 18.1 Å². The van der Waals surface area contributed by atoms with Crippen LogP contribution < -0.4 is 16.2 Å². The Labute approximate surface area is 167 Å². The maximum atomic E-state index is 10.3. The molecule has 9 nitrogen and oxygen atoms in total. The van der Waals surface area contributed by atoms with E-state index in [1.54, 1.807) is 18.2 Å². The molecule has 0 bridgehead atoms. The molecule has 0 radical (unpaired) electrons. The second-order valence-electron chi connectivity index (χ2n) is 5.93. The van der Waals surface area contributed by atoms with E-state index in [0.29, 0.717) is 21.3 Å². The van der Waals surface area contributed by atoms with Crippen molar-refractivity contribution in [1.29, 1.82) is 0 Å². The molecule has 0 spiro atoms. The van der Waals surface area contributed by atoms with Gasteiger partial charge in [0.1, 0.15) is 5.69 Å². The Balaban J connectivity index is 0.000000208. The maximum Gasteiger partial charge on any atom is 0.333 e. The van der Waals surface area contributed by atoms with Crippen LogP contribution in [0.5, 0.6) is 0 Å². The highest BCUT2D eigenvalue weighted by Crippen LogP contribution is 2.34. The molecule has 27 heavy (non-hydrogen) atoms. The van der Waals surface area contributed by atoms with Gasteiger partial charge in [0, 0.05) is 11.6 Å². The third-order valence-corrected chi connectivity index (χ3v) is 5.31. The van der Waals surface area contributed by atoms with Gasteiger partial charge >= 0.3 is 10.3 Å². The SMILES string of the molecule is Nc1nnc(-c2cccc(Cl)c2Cl)c(N)n1.O=S(=O)(O)NC1CCCCC1. The van der Waals surface area contributed by atoms with Crippen LogP contribution in [0.3, 0.4) is 0 Å². The van der Waals surface area contributed by atoms with Gasteiger partial charge in [-0.1, -0.05) is 54.6 Å². The van der Waals surface area contributed by atoms with Gasteiger partial charge in [0.05, 0.1) is 10.0 Å². The Morgan fingerprint density at radius 2 is 1.78 bits per heavy atom. The largest absolute Gasteiger partial charge is 0.382 e. The topological polar surface area (TPSA) is 157 Å². The molecule has 1 saturated carbocycles. The number of hydrogen-bond donors (Lipinski definition) is 4. The van der Waals surface area contributed by atoms with Gasteiger partial charge < -0.3 is 11.5 Å². The lowest BCUT2D eigenvalue weighted by molar-refractivity contribution is 0.389. The first-order chi connectivity index (χ1) is 12.7. The fourth-order valence-corrected chi connectivity index (χ4v) is 3.71. The summed E-state index contributed by atoms with van der Waals surface area (Å²) < 4.78 is 31.3. The van der Waals surface area contributed by atoms with Crippen LogP contribution in [0.4, 0.5) is 11.8 Å². The van der Waals surface area contributed by atoms with Crippen LogP contribution in [0, 0.1) is 0 Å². The quantitative estimate of drug-likeness (QED) is 0.536. The lowest BCUT2D eigenvalue weighted by atomic mass is 9.96. The molecule has 1 aliphatic rings. The number of nitrogens with zero attached hydrogens (tertiary/aromatic N) is 3. The van der Waals surface area contributed by atoms with Gasteiger partial charge in [-0.05, 0) is 18.9 Å². The van der Waals surface area contributed by atoms with Gasteiger partial charge in [-0.25, -0.2) is 0 Å². The lowest BCUT2D eigenvalue weighted by Crippen LogP contribution is -2.35. The zero-order chi connectivity index (χ0) is 20.0. The first-order valence-electron chi connectivity index (χ1n) is 8.12. The van der Waals surface area contributed by atoms with Crippen LogP contribution in [0.2, 0.25) is 10.0 Å². The van der Waals surface area contributed by atoms with Gasteiger partial charge in [0.15, 0.2) is 5.82 Å². The third kappa shape index (κ3) is 6.74. The van der Waals surface area contributed by atoms with Crippen molar-refractivity contribution in [2.24, 2.45) is 0 Å². The highest BCUT2D eigenvalue weighted by molar-refractivity contribution is 7.83. The molecule has 1 aromatic carbocycles. The molecule has 0 amide bonds. The maximum absolute atomic E-state index is 10.3. The molecular weight excluding hydrogens is 415 g/mol. The summed E-state index contributed by atoms with van der Waals surface area (Å²) in [7, 11) is -3.97. The van der Waals surface area contributed by atoms with Crippen molar-refractivity contribution in [2.45, 2.75) is 38.1 Å². The number of nitrogen functional groups attached to an aromatic ring is 2. The molecular formula is C15H20Cl2N6O3S. The average molecular weight is 435 g/mol. The fourth-order valence-electron chi connectivity index (χ4n) is 2.66. The van der Waals surface area contributed by atoms with Gasteiger partial charge in [-0.15, -0.1) is 10.2 Å². The minimum absolute atomic E-state index is 0.0133. The van der Waals surface area contributed by atoms with E-state index < -0.39 is 10.3 Å². The Kier molecular flexibility index (Phi) is 7.57. The first-order valence-corrected chi connectivity index (χ1v) is 10.3. The highest BCUT2D eigenvalue weighted by atomic mass is 35.5. The van der Waals surface area contributed by atoms with Crippen molar-refractivity contribution in [3.8, 4) is 11.3 Å². The first kappa shape index (κ1) is 21.6. The summed E-state index contributed by atoms with van der Waals surface area (Å²) in [5.41, 5.74) is 12.0. The zero-order valence-electron chi connectivity index (χ0n) is 14.3. The van der Waals surface area contributed by atoms with Crippen LogP contribution in [0.1, 0.15) is 32.1 Å². The van der Waals surface area contributed by atoms with E-state index in [1.165, 1.54) is 6.42 Å². The lowest BCUT2D eigenvalue weighted by Gasteiger charge is -2.20. The van der Waals surface area contributed by atoms with E-state index in [4.69, 9.17) is 39.2 Å². The summed E-state index contributed by atoms with van der Waals surface area (Å²) >= 11 is 11.9. The van der Waals surface area contributed by atoms with E-state index in [9.17, 15) is 8.42 Å². The predicted molar refractivity (Wildman–Crippen MR) is 106 cm³/mol. The smallest absolute Gasteiger partial charge is 0.333 e. The normalized spacial score (nSPS) is 15.1. The summed E-state index contributed by atoms with van der Waals surface area (Å²) in [6, 6.07) is 5.09. The average Bonchev–Trinajstić information content (AvgIpc) is 2.58. The van der Waals surface area contributed by atoms with Gasteiger partial charge in [-0.3, -0.25) is 4.55 Å². The minimum atomic E-state index is -3.97. The van der Waals surface area contributed by atoms with Crippen LogP contribution >= 0.6 is 23.2 Å². The van der Waals surface area contributed by atoms with Gasteiger partial charge in [0.25, 0.3) is 0 Å². The molecule has 1 aliphatic carbocycles. The number of hydrogen-bond acceptors (Lipinski definition) is 7. The van der Waals surface area contributed by atoms with E-state index >= 15 is 0 Å². The Morgan fingerprint density at radius 3 is 2.37 bits per heavy atom. The highest BCUT2D eigenvalue weighted by Gasteiger charge is 2.17. The third-order valence-electron chi connectivity index (χ3n) is 3.86. The van der Waals surface area contributed by atoms with Crippen molar-refractivity contribution >= 4 is 45.3 Å². The van der Waals surface area contributed by atoms with Crippen molar-refractivity contribution in [2.75, 3.05) is 11.5 Å². The number of halogens is 2. The fraction of sp³-hybridized carbons (Fsp3) is 0.400. The van der Waals surface area contributed by atoms with Crippen LogP contribution in [-0.4, -0.2) is 34.2 Å². The molecule has 0 atom stereocenters. The Hall–Kier alpha value is -1.72. The molecule has 1 aromatic heterocycles.